The SMILES string of the molecule is O=C(CN1C[C@@]2(C[C@H]2F)c2cc(C3(F)CC3)ccc2C1=O)Nc1ncc(Cl)cn1. The molecule has 2 saturated carbocycles. The predicted octanol–water partition coefficient (Wildman–Crippen LogP) is 3.16. The van der Waals surface area contributed by atoms with Gasteiger partial charge in [-0.3, -0.25) is 14.9 Å². The van der Waals surface area contributed by atoms with Gasteiger partial charge < -0.3 is 4.90 Å². The number of carbonyl (C=O) groups excluding carboxylic acids is 2. The van der Waals surface area contributed by atoms with Gasteiger partial charge in [0, 0.05) is 17.5 Å². The molecule has 150 valence electrons. The van der Waals surface area contributed by atoms with Crippen LogP contribution in [-0.4, -0.2) is 45.9 Å². The molecule has 2 atom stereocenters. The number of carbonyl (C=O) groups is 2. The second-order valence-electron chi connectivity index (χ2n) is 7.99. The molecule has 1 aromatic heterocycles. The third-order valence-electron chi connectivity index (χ3n) is 5.94. The first kappa shape index (κ1) is 18.4. The summed E-state index contributed by atoms with van der Waals surface area (Å²) in [5, 5.41) is 2.83. The van der Waals surface area contributed by atoms with Gasteiger partial charge in [-0.1, -0.05) is 23.7 Å². The van der Waals surface area contributed by atoms with Crippen molar-refractivity contribution in [3.8, 4) is 0 Å². The van der Waals surface area contributed by atoms with E-state index in [9.17, 15) is 18.4 Å². The summed E-state index contributed by atoms with van der Waals surface area (Å²) in [5.41, 5.74) is -0.806. The third-order valence-corrected chi connectivity index (χ3v) is 6.14. The van der Waals surface area contributed by atoms with Crippen LogP contribution in [0.25, 0.3) is 0 Å². The number of hydrogen-bond donors (Lipinski definition) is 1. The minimum atomic E-state index is -1.35. The predicted molar refractivity (Wildman–Crippen MR) is 101 cm³/mol. The van der Waals surface area contributed by atoms with Crippen LogP contribution in [0.2, 0.25) is 5.02 Å². The van der Waals surface area contributed by atoms with Crippen LogP contribution >= 0.6 is 11.6 Å². The van der Waals surface area contributed by atoms with Crippen molar-refractivity contribution in [1.82, 2.24) is 14.9 Å². The molecule has 2 fully saturated rings. The van der Waals surface area contributed by atoms with E-state index in [4.69, 9.17) is 11.6 Å². The first-order chi connectivity index (χ1) is 13.8. The standard InChI is InChI=1S/C20H17ClF2N4O2/c21-12-7-24-18(25-8-12)26-16(28)9-27-10-19(6-15(19)22)14-5-11(20(23)3-4-20)1-2-13(14)17(27)29/h1-2,5,7-8,15H,3-4,6,9-10H2,(H,24,25,26,28)/t15-,19+/m1/s1. The number of amides is 2. The lowest BCUT2D eigenvalue weighted by molar-refractivity contribution is -0.117. The molecular weight excluding hydrogens is 402 g/mol. The van der Waals surface area contributed by atoms with Crippen LogP contribution in [0.15, 0.2) is 30.6 Å². The molecule has 29 heavy (non-hydrogen) atoms. The quantitative estimate of drug-likeness (QED) is 0.827. The summed E-state index contributed by atoms with van der Waals surface area (Å²) in [7, 11) is 0. The maximum absolute atomic E-state index is 14.5. The Balaban J connectivity index is 1.39. The van der Waals surface area contributed by atoms with E-state index in [0.29, 0.717) is 34.6 Å². The van der Waals surface area contributed by atoms with E-state index in [1.807, 2.05) is 0 Å². The van der Waals surface area contributed by atoms with Crippen molar-refractivity contribution in [2.75, 3.05) is 18.4 Å². The molecule has 2 aromatic rings. The van der Waals surface area contributed by atoms with Gasteiger partial charge in [0.2, 0.25) is 11.9 Å². The highest BCUT2D eigenvalue weighted by atomic mass is 35.5. The first-order valence-corrected chi connectivity index (χ1v) is 9.73. The van der Waals surface area contributed by atoms with Crippen molar-refractivity contribution in [2.24, 2.45) is 0 Å². The van der Waals surface area contributed by atoms with Crippen LogP contribution in [0.3, 0.4) is 0 Å². The van der Waals surface area contributed by atoms with Crippen LogP contribution < -0.4 is 5.32 Å². The Hall–Kier alpha value is -2.61. The van der Waals surface area contributed by atoms with Crippen LogP contribution in [0.5, 0.6) is 0 Å². The largest absolute Gasteiger partial charge is 0.328 e. The second kappa shape index (κ2) is 6.19. The molecule has 2 aliphatic carbocycles. The van der Waals surface area contributed by atoms with Gasteiger partial charge in [0.1, 0.15) is 18.4 Å². The molecule has 0 unspecified atom stereocenters. The minimum absolute atomic E-state index is 0.0658. The number of fused-ring (bicyclic) bond motifs is 2. The molecule has 1 N–H and O–H groups in total. The lowest BCUT2D eigenvalue weighted by Gasteiger charge is -2.34. The Bertz CT molecular complexity index is 1030. The van der Waals surface area contributed by atoms with E-state index in [2.05, 4.69) is 15.3 Å². The molecule has 1 spiro atoms. The lowest BCUT2D eigenvalue weighted by Crippen LogP contribution is -2.47. The van der Waals surface area contributed by atoms with Gasteiger partial charge in [-0.2, -0.15) is 0 Å². The maximum atomic E-state index is 14.5. The summed E-state index contributed by atoms with van der Waals surface area (Å²) in [4.78, 5) is 34.4. The van der Waals surface area contributed by atoms with E-state index in [-0.39, 0.29) is 31.4 Å². The number of rotatable bonds is 4. The zero-order valence-electron chi connectivity index (χ0n) is 15.3. The van der Waals surface area contributed by atoms with Crippen LogP contribution in [-0.2, 0) is 15.9 Å². The molecule has 5 rings (SSSR count). The molecule has 0 radical (unpaired) electrons. The molecule has 1 aromatic carbocycles. The van der Waals surface area contributed by atoms with Gasteiger partial charge in [0.05, 0.1) is 17.4 Å². The third kappa shape index (κ3) is 3.06. The topological polar surface area (TPSA) is 75.2 Å². The van der Waals surface area contributed by atoms with Crippen molar-refractivity contribution >= 4 is 29.4 Å². The van der Waals surface area contributed by atoms with E-state index < -0.39 is 23.2 Å². The van der Waals surface area contributed by atoms with Crippen LogP contribution in [0.1, 0.15) is 40.7 Å². The summed E-state index contributed by atoms with van der Waals surface area (Å²) in [6.07, 6.45) is 2.72. The molecule has 0 saturated heterocycles. The minimum Gasteiger partial charge on any atom is -0.328 e. The number of hydrogen-bond acceptors (Lipinski definition) is 4. The van der Waals surface area contributed by atoms with Crippen molar-refractivity contribution < 1.29 is 18.4 Å². The van der Waals surface area contributed by atoms with Crippen molar-refractivity contribution in [3.05, 3.63) is 52.3 Å². The fourth-order valence-corrected chi connectivity index (χ4v) is 4.13. The normalized spacial score (nSPS) is 26.2. The van der Waals surface area contributed by atoms with Crippen molar-refractivity contribution in [1.29, 1.82) is 0 Å². The maximum Gasteiger partial charge on any atom is 0.254 e. The highest BCUT2D eigenvalue weighted by Crippen LogP contribution is 2.57. The number of nitrogens with zero attached hydrogens (tertiary/aromatic N) is 3. The van der Waals surface area contributed by atoms with Gasteiger partial charge in [0.25, 0.3) is 5.91 Å². The van der Waals surface area contributed by atoms with E-state index in [1.54, 1.807) is 18.2 Å². The first-order valence-electron chi connectivity index (χ1n) is 9.35. The highest BCUT2D eigenvalue weighted by Gasteiger charge is 2.61. The van der Waals surface area contributed by atoms with Gasteiger partial charge >= 0.3 is 0 Å². The van der Waals surface area contributed by atoms with E-state index in [1.165, 1.54) is 17.3 Å². The van der Waals surface area contributed by atoms with Gasteiger partial charge in [-0.25, -0.2) is 18.7 Å². The van der Waals surface area contributed by atoms with Gasteiger partial charge in [0.15, 0.2) is 0 Å². The van der Waals surface area contributed by atoms with Crippen molar-refractivity contribution in [2.45, 2.75) is 36.5 Å². The Labute approximate surface area is 170 Å². The van der Waals surface area contributed by atoms with Gasteiger partial charge in [-0.15, -0.1) is 0 Å². The summed E-state index contributed by atoms with van der Waals surface area (Å²) >= 11 is 5.72. The Kier molecular flexibility index (Phi) is 3.93. The summed E-state index contributed by atoms with van der Waals surface area (Å²) in [6.45, 7) is -0.175. The van der Waals surface area contributed by atoms with E-state index in [0.717, 1.165) is 0 Å². The fourth-order valence-electron chi connectivity index (χ4n) is 4.03. The fraction of sp³-hybridized carbons (Fsp3) is 0.400. The van der Waals surface area contributed by atoms with Crippen LogP contribution in [0, 0.1) is 0 Å². The summed E-state index contributed by atoms with van der Waals surface area (Å²) in [5.74, 6) is -0.795. The Morgan fingerprint density at radius 2 is 2.00 bits per heavy atom. The molecule has 9 heteroatoms. The highest BCUT2D eigenvalue weighted by molar-refractivity contribution is 6.30. The second-order valence-corrected chi connectivity index (χ2v) is 8.42. The van der Waals surface area contributed by atoms with Gasteiger partial charge in [-0.05, 0) is 36.5 Å². The number of alkyl halides is 2. The summed E-state index contributed by atoms with van der Waals surface area (Å²) < 4.78 is 28.9. The van der Waals surface area contributed by atoms with Crippen LogP contribution in [0.4, 0.5) is 14.7 Å². The molecule has 1 aliphatic heterocycles. The zero-order valence-corrected chi connectivity index (χ0v) is 16.0. The Morgan fingerprint density at radius 1 is 1.31 bits per heavy atom. The zero-order chi connectivity index (χ0) is 20.4. The number of benzene rings is 1. The molecule has 2 amide bonds. The smallest absolute Gasteiger partial charge is 0.254 e. The molecule has 2 heterocycles. The average molecular weight is 419 g/mol. The van der Waals surface area contributed by atoms with Crippen molar-refractivity contribution in [3.63, 3.8) is 0 Å². The summed E-state index contributed by atoms with van der Waals surface area (Å²) in [6, 6.07) is 4.81. The molecular formula is C20H17ClF2N4O2. The number of anilines is 1. The monoisotopic (exact) mass is 418 g/mol. The lowest BCUT2D eigenvalue weighted by atomic mass is 9.84. The number of aromatic nitrogens is 2. The van der Waals surface area contributed by atoms with E-state index >= 15 is 0 Å². The average Bonchev–Trinajstić information content (AvgIpc) is 3.59. The molecule has 6 nitrogen and oxygen atoms in total. The number of nitrogens with one attached hydrogen (secondary N) is 1. The molecule has 3 aliphatic rings. The number of halogens is 3. The Morgan fingerprint density at radius 3 is 2.62 bits per heavy atom. The molecule has 0 bridgehead atoms.